The first kappa shape index (κ1) is 29.2. The summed E-state index contributed by atoms with van der Waals surface area (Å²) in [5.74, 6) is 0.754. The molecule has 4 nitrogen and oxygen atoms in total. The van der Waals surface area contributed by atoms with Gasteiger partial charge in [0.25, 0.3) is 0 Å². The molecule has 0 aromatic rings. The Bertz CT molecular complexity index is 407. The van der Waals surface area contributed by atoms with Crippen molar-refractivity contribution in [1.29, 1.82) is 0 Å². The average Bonchev–Trinajstić information content (AvgIpc) is 2.65. The fourth-order valence-corrected chi connectivity index (χ4v) is 3.57. The van der Waals surface area contributed by atoms with Gasteiger partial charge in [0.05, 0.1) is 12.0 Å². The smallest absolute Gasteiger partial charge is 0.330 e. The van der Waals surface area contributed by atoms with Gasteiger partial charge in [0.15, 0.2) is 0 Å². The van der Waals surface area contributed by atoms with E-state index in [2.05, 4.69) is 13.5 Å². The standard InChI is InChI=1S/C22H40O4S.CH4/c1-5-7-8-9-10-11-12-13-14-15-16-26-21(24)22(3,4)19-27-18-17-25-20(23)6-2;/h6H,2,5,7-19H2,1,3-4H3;1H4. The molecule has 0 rings (SSSR count). The largest absolute Gasteiger partial charge is 0.465 e. The lowest BCUT2D eigenvalue weighted by Crippen LogP contribution is -2.29. The van der Waals surface area contributed by atoms with Gasteiger partial charge >= 0.3 is 11.9 Å². The first-order chi connectivity index (χ1) is 12.9. The van der Waals surface area contributed by atoms with Gasteiger partial charge in [0, 0.05) is 17.6 Å². The molecule has 0 aliphatic carbocycles. The number of unbranched alkanes of at least 4 members (excludes halogenated alkanes) is 9. The third-order valence-electron chi connectivity index (χ3n) is 4.39. The van der Waals surface area contributed by atoms with E-state index in [1.807, 2.05) is 13.8 Å². The molecule has 0 fully saturated rings. The summed E-state index contributed by atoms with van der Waals surface area (Å²) in [6.07, 6.45) is 13.8. The lowest BCUT2D eigenvalue weighted by Gasteiger charge is -2.22. The molecule has 166 valence electrons. The minimum Gasteiger partial charge on any atom is -0.465 e. The molecule has 0 atom stereocenters. The zero-order chi connectivity index (χ0) is 20.4. The minimum absolute atomic E-state index is 0. The van der Waals surface area contributed by atoms with Crippen molar-refractivity contribution in [1.82, 2.24) is 0 Å². The van der Waals surface area contributed by atoms with Gasteiger partial charge in [-0.3, -0.25) is 4.79 Å². The van der Waals surface area contributed by atoms with E-state index in [9.17, 15) is 9.59 Å². The van der Waals surface area contributed by atoms with Crippen molar-refractivity contribution in [2.75, 3.05) is 24.7 Å². The predicted molar refractivity (Wildman–Crippen MR) is 122 cm³/mol. The van der Waals surface area contributed by atoms with Crippen molar-refractivity contribution in [3.8, 4) is 0 Å². The average molecular weight is 417 g/mol. The summed E-state index contributed by atoms with van der Waals surface area (Å²) in [7, 11) is 0. The first-order valence-electron chi connectivity index (χ1n) is 10.5. The predicted octanol–water partition coefficient (Wildman–Crippen LogP) is 6.58. The number of ether oxygens (including phenoxy) is 2. The fourth-order valence-electron chi connectivity index (χ4n) is 2.60. The molecule has 0 radical (unpaired) electrons. The Morgan fingerprint density at radius 3 is 1.96 bits per heavy atom. The maximum atomic E-state index is 12.2. The van der Waals surface area contributed by atoms with Crippen molar-refractivity contribution in [2.45, 2.75) is 92.4 Å². The molecule has 0 aromatic heterocycles. The van der Waals surface area contributed by atoms with E-state index >= 15 is 0 Å². The monoisotopic (exact) mass is 416 g/mol. The van der Waals surface area contributed by atoms with Gasteiger partial charge in [-0.25, -0.2) is 4.79 Å². The van der Waals surface area contributed by atoms with Crippen LogP contribution in [0.4, 0.5) is 0 Å². The van der Waals surface area contributed by atoms with Crippen LogP contribution in [-0.4, -0.2) is 36.7 Å². The molecule has 0 aliphatic rings. The number of thioether (sulfide) groups is 1. The molecule has 0 heterocycles. The van der Waals surface area contributed by atoms with E-state index in [4.69, 9.17) is 9.47 Å². The van der Waals surface area contributed by atoms with Gasteiger partial charge in [-0.2, -0.15) is 11.8 Å². The summed E-state index contributed by atoms with van der Waals surface area (Å²) < 4.78 is 10.4. The third-order valence-corrected chi connectivity index (χ3v) is 5.77. The maximum absolute atomic E-state index is 12.2. The summed E-state index contributed by atoms with van der Waals surface area (Å²) in [5.41, 5.74) is -0.522. The number of hydrogen-bond donors (Lipinski definition) is 0. The van der Waals surface area contributed by atoms with E-state index in [-0.39, 0.29) is 13.4 Å². The molecule has 0 aliphatic heterocycles. The highest BCUT2D eigenvalue weighted by molar-refractivity contribution is 7.99. The Labute approximate surface area is 178 Å². The Hall–Kier alpha value is -0.970. The van der Waals surface area contributed by atoms with E-state index < -0.39 is 11.4 Å². The topological polar surface area (TPSA) is 52.6 Å². The molecule has 0 amide bonds. The summed E-state index contributed by atoms with van der Waals surface area (Å²) in [6, 6.07) is 0. The zero-order valence-corrected chi connectivity index (χ0v) is 18.5. The van der Waals surface area contributed by atoms with Crippen LogP contribution in [0.1, 0.15) is 92.4 Å². The molecule has 0 bridgehead atoms. The van der Waals surface area contributed by atoms with Crippen molar-refractivity contribution in [3.05, 3.63) is 12.7 Å². The van der Waals surface area contributed by atoms with E-state index in [0.29, 0.717) is 24.7 Å². The lowest BCUT2D eigenvalue weighted by atomic mass is 9.97. The van der Waals surface area contributed by atoms with Crippen LogP contribution in [0.25, 0.3) is 0 Å². The molecule has 5 heteroatoms. The van der Waals surface area contributed by atoms with E-state index in [0.717, 1.165) is 18.9 Å². The van der Waals surface area contributed by atoms with Crippen LogP contribution in [0.5, 0.6) is 0 Å². The second kappa shape index (κ2) is 19.4. The molecule has 0 saturated heterocycles. The van der Waals surface area contributed by atoms with Crippen LogP contribution >= 0.6 is 11.8 Å². The summed E-state index contributed by atoms with van der Waals surface area (Å²) in [5, 5.41) is 0. The van der Waals surface area contributed by atoms with Crippen molar-refractivity contribution >= 4 is 23.7 Å². The Kier molecular flexibility index (Phi) is 20.2. The van der Waals surface area contributed by atoms with Crippen LogP contribution in [0.2, 0.25) is 0 Å². The molecule has 0 spiro atoms. The van der Waals surface area contributed by atoms with Gasteiger partial charge in [-0.1, -0.05) is 78.7 Å². The molecule has 28 heavy (non-hydrogen) atoms. The molecule has 0 saturated carbocycles. The number of carbonyl (C=O) groups excluding carboxylic acids is 2. The highest BCUT2D eigenvalue weighted by Gasteiger charge is 2.29. The van der Waals surface area contributed by atoms with Gasteiger partial charge in [-0.15, -0.1) is 0 Å². The van der Waals surface area contributed by atoms with Crippen LogP contribution in [0, 0.1) is 5.41 Å². The Balaban J connectivity index is 0. The quantitative estimate of drug-likeness (QED) is 0.144. The second-order valence-electron chi connectivity index (χ2n) is 7.63. The Morgan fingerprint density at radius 2 is 1.43 bits per heavy atom. The molecule has 0 N–H and O–H groups in total. The molecular formula is C23H44O4S. The SMILES string of the molecule is C.C=CC(=O)OCCSCC(C)(C)C(=O)OCCCCCCCCCCCC. The lowest BCUT2D eigenvalue weighted by molar-refractivity contribution is -0.152. The highest BCUT2D eigenvalue weighted by Crippen LogP contribution is 2.23. The van der Waals surface area contributed by atoms with Gasteiger partial charge in [0.2, 0.25) is 0 Å². The Morgan fingerprint density at radius 1 is 0.893 bits per heavy atom. The van der Waals surface area contributed by atoms with Crippen LogP contribution in [0.3, 0.4) is 0 Å². The molecule has 0 aromatic carbocycles. The van der Waals surface area contributed by atoms with Crippen LogP contribution in [-0.2, 0) is 19.1 Å². The van der Waals surface area contributed by atoms with Crippen molar-refractivity contribution in [3.63, 3.8) is 0 Å². The summed E-state index contributed by atoms with van der Waals surface area (Å²) >= 11 is 1.59. The van der Waals surface area contributed by atoms with Crippen LogP contribution < -0.4 is 0 Å². The van der Waals surface area contributed by atoms with Crippen molar-refractivity contribution in [2.24, 2.45) is 5.41 Å². The second-order valence-corrected chi connectivity index (χ2v) is 8.73. The molecular weight excluding hydrogens is 372 g/mol. The highest BCUT2D eigenvalue weighted by atomic mass is 32.2. The number of carbonyl (C=O) groups is 2. The first-order valence-corrected chi connectivity index (χ1v) is 11.6. The van der Waals surface area contributed by atoms with Gasteiger partial charge < -0.3 is 9.47 Å². The number of hydrogen-bond acceptors (Lipinski definition) is 5. The fraction of sp³-hybridized carbons (Fsp3) is 0.826. The summed E-state index contributed by atoms with van der Waals surface area (Å²) in [6.45, 7) is 10.2. The van der Waals surface area contributed by atoms with E-state index in [1.165, 1.54) is 51.4 Å². The third kappa shape index (κ3) is 17.2. The summed E-state index contributed by atoms with van der Waals surface area (Å²) in [4.78, 5) is 23.1. The van der Waals surface area contributed by atoms with Crippen LogP contribution in [0.15, 0.2) is 12.7 Å². The maximum Gasteiger partial charge on any atom is 0.330 e. The van der Waals surface area contributed by atoms with Crippen molar-refractivity contribution < 1.29 is 19.1 Å². The number of rotatable bonds is 18. The van der Waals surface area contributed by atoms with Gasteiger partial charge in [0.1, 0.15) is 6.61 Å². The zero-order valence-electron chi connectivity index (χ0n) is 17.7. The number of esters is 2. The normalized spacial score (nSPS) is 10.8. The van der Waals surface area contributed by atoms with Gasteiger partial charge in [-0.05, 0) is 20.3 Å². The van der Waals surface area contributed by atoms with E-state index in [1.54, 1.807) is 11.8 Å². The molecule has 0 unspecified atom stereocenters. The minimum atomic E-state index is -0.522.